The van der Waals surface area contributed by atoms with E-state index in [9.17, 15) is 0 Å². The average Bonchev–Trinajstić information content (AvgIpc) is 3.13. The van der Waals surface area contributed by atoms with Crippen molar-refractivity contribution in [1.82, 2.24) is 15.5 Å². The van der Waals surface area contributed by atoms with Gasteiger partial charge in [-0.05, 0) is 45.1 Å². The lowest BCUT2D eigenvalue weighted by molar-refractivity contribution is 0.0574. The Morgan fingerprint density at radius 3 is 2.52 bits per heavy atom. The van der Waals surface area contributed by atoms with E-state index in [1.807, 2.05) is 7.05 Å². The topological polar surface area (TPSA) is 48.9 Å². The molecule has 0 aromatic carbocycles. The second kappa shape index (κ2) is 14.0. The van der Waals surface area contributed by atoms with Gasteiger partial charge in [-0.15, -0.1) is 24.0 Å². The maximum Gasteiger partial charge on any atom is 0.191 e. The molecule has 1 aliphatic heterocycles. The number of ether oxygens (including phenoxy) is 1. The fourth-order valence-electron chi connectivity index (χ4n) is 3.94. The van der Waals surface area contributed by atoms with Crippen molar-refractivity contribution >= 4 is 29.9 Å². The molecule has 2 rings (SSSR count). The maximum atomic E-state index is 5.90. The summed E-state index contributed by atoms with van der Waals surface area (Å²) in [6, 6.07) is 0.781. The summed E-state index contributed by atoms with van der Waals surface area (Å²) in [5.41, 5.74) is 0. The number of rotatable bonds is 9. The number of piperidine rings is 1. The summed E-state index contributed by atoms with van der Waals surface area (Å²) in [7, 11) is 1.85. The highest BCUT2D eigenvalue weighted by Crippen LogP contribution is 2.20. The lowest BCUT2D eigenvalue weighted by atomic mass is 10.0. The Labute approximate surface area is 171 Å². The number of hydrogen-bond acceptors (Lipinski definition) is 3. The molecule has 148 valence electrons. The Morgan fingerprint density at radius 1 is 1.08 bits per heavy atom. The van der Waals surface area contributed by atoms with E-state index in [2.05, 4.69) is 27.4 Å². The van der Waals surface area contributed by atoms with Crippen LogP contribution in [0, 0.1) is 0 Å². The molecule has 0 radical (unpaired) electrons. The van der Waals surface area contributed by atoms with Crippen LogP contribution in [0.5, 0.6) is 0 Å². The van der Waals surface area contributed by atoms with Crippen LogP contribution >= 0.6 is 24.0 Å². The van der Waals surface area contributed by atoms with E-state index in [1.165, 1.54) is 57.9 Å². The van der Waals surface area contributed by atoms with Crippen LogP contribution in [0.4, 0.5) is 0 Å². The van der Waals surface area contributed by atoms with E-state index in [4.69, 9.17) is 4.74 Å². The average molecular weight is 466 g/mol. The highest BCUT2D eigenvalue weighted by molar-refractivity contribution is 14.0. The van der Waals surface area contributed by atoms with E-state index in [1.54, 1.807) is 0 Å². The number of likely N-dealkylation sites (tertiary alicyclic amines) is 1. The predicted molar refractivity (Wildman–Crippen MR) is 117 cm³/mol. The first-order valence-corrected chi connectivity index (χ1v) is 10.1. The molecule has 1 saturated carbocycles. The maximum absolute atomic E-state index is 5.90. The third kappa shape index (κ3) is 8.91. The van der Waals surface area contributed by atoms with Gasteiger partial charge < -0.3 is 15.4 Å². The van der Waals surface area contributed by atoms with Crippen LogP contribution in [0.3, 0.4) is 0 Å². The fraction of sp³-hybridized carbons (Fsp3) is 0.947. The van der Waals surface area contributed by atoms with Crippen LogP contribution in [0.1, 0.15) is 64.7 Å². The first-order valence-electron chi connectivity index (χ1n) is 10.1. The van der Waals surface area contributed by atoms with E-state index in [-0.39, 0.29) is 24.0 Å². The molecule has 6 heteroatoms. The predicted octanol–water partition coefficient (Wildman–Crippen LogP) is 3.38. The molecular weight excluding hydrogens is 427 g/mol. The Bertz CT molecular complexity index is 361. The third-order valence-electron chi connectivity index (χ3n) is 5.40. The van der Waals surface area contributed by atoms with Crippen LogP contribution in [0.15, 0.2) is 4.99 Å². The quantitative estimate of drug-likeness (QED) is 0.237. The molecule has 1 heterocycles. The number of nitrogens with one attached hydrogen (secondary N) is 2. The molecule has 0 amide bonds. The van der Waals surface area contributed by atoms with Gasteiger partial charge >= 0.3 is 0 Å². The Balaban J connectivity index is 0.00000312. The lowest BCUT2D eigenvalue weighted by Crippen LogP contribution is -2.46. The number of nitrogens with zero attached hydrogens (tertiary/aromatic N) is 2. The van der Waals surface area contributed by atoms with Gasteiger partial charge in [0.05, 0.1) is 6.10 Å². The molecule has 5 nitrogen and oxygen atoms in total. The van der Waals surface area contributed by atoms with Gasteiger partial charge in [-0.1, -0.05) is 26.2 Å². The molecular formula is C19H39IN4O. The van der Waals surface area contributed by atoms with Crippen molar-refractivity contribution in [3.8, 4) is 0 Å². The highest BCUT2D eigenvalue weighted by Gasteiger charge is 2.20. The molecule has 0 aromatic rings. The number of guanidine groups is 1. The van der Waals surface area contributed by atoms with Crippen LogP contribution in [0.25, 0.3) is 0 Å². The zero-order valence-corrected chi connectivity index (χ0v) is 18.6. The van der Waals surface area contributed by atoms with Gasteiger partial charge in [0.25, 0.3) is 0 Å². The van der Waals surface area contributed by atoms with E-state index >= 15 is 0 Å². The molecule has 1 atom stereocenters. The molecule has 2 N–H and O–H groups in total. The van der Waals surface area contributed by atoms with Crippen molar-refractivity contribution in [3.05, 3.63) is 0 Å². The number of hydrogen-bond donors (Lipinski definition) is 2. The molecule has 25 heavy (non-hydrogen) atoms. The summed E-state index contributed by atoms with van der Waals surface area (Å²) < 4.78 is 5.90. The molecule has 1 aliphatic carbocycles. The molecule has 2 aliphatic rings. The minimum atomic E-state index is 0. The Morgan fingerprint density at radius 2 is 1.80 bits per heavy atom. The van der Waals surface area contributed by atoms with Crippen LogP contribution < -0.4 is 10.6 Å². The van der Waals surface area contributed by atoms with Gasteiger partial charge in [0.2, 0.25) is 0 Å². The first-order chi connectivity index (χ1) is 11.8. The second-order valence-electron chi connectivity index (χ2n) is 7.15. The first kappa shape index (κ1) is 23.0. The van der Waals surface area contributed by atoms with Crippen LogP contribution in [-0.2, 0) is 4.74 Å². The summed E-state index contributed by atoms with van der Waals surface area (Å²) in [4.78, 5) is 6.96. The zero-order valence-electron chi connectivity index (χ0n) is 16.3. The standard InChI is InChI=1S/C19H38N4O.HI/c1-3-17-9-6-7-14-23(17)15-13-22-19(20-2)21-12-8-16-24-18-10-4-5-11-18;/h17-18H,3-16H2,1-2H3,(H2,20,21,22);1H. The molecule has 0 bridgehead atoms. The largest absolute Gasteiger partial charge is 0.378 e. The fourth-order valence-corrected chi connectivity index (χ4v) is 3.94. The summed E-state index contributed by atoms with van der Waals surface area (Å²) >= 11 is 0. The summed E-state index contributed by atoms with van der Waals surface area (Å²) in [6.45, 7) is 7.43. The number of halogens is 1. The van der Waals surface area contributed by atoms with Crippen molar-refractivity contribution in [1.29, 1.82) is 0 Å². The molecule has 1 unspecified atom stereocenters. The normalized spacial score (nSPS) is 22.6. The molecule has 2 fully saturated rings. The van der Waals surface area contributed by atoms with E-state index in [0.29, 0.717) is 6.10 Å². The number of aliphatic imine (C=N–C) groups is 1. The van der Waals surface area contributed by atoms with Crippen molar-refractivity contribution in [2.75, 3.05) is 39.8 Å². The second-order valence-corrected chi connectivity index (χ2v) is 7.15. The zero-order chi connectivity index (χ0) is 17.0. The van der Waals surface area contributed by atoms with Gasteiger partial charge in [0.1, 0.15) is 0 Å². The van der Waals surface area contributed by atoms with Gasteiger partial charge in [-0.2, -0.15) is 0 Å². The monoisotopic (exact) mass is 466 g/mol. The summed E-state index contributed by atoms with van der Waals surface area (Å²) in [6.07, 6.45) is 12.2. The SMILES string of the molecule is CCC1CCCCN1CCNC(=NC)NCCCOC1CCCC1.I. The van der Waals surface area contributed by atoms with E-state index < -0.39 is 0 Å². The van der Waals surface area contributed by atoms with Crippen LogP contribution in [0.2, 0.25) is 0 Å². The van der Waals surface area contributed by atoms with Crippen molar-refractivity contribution in [2.45, 2.75) is 76.9 Å². The summed E-state index contributed by atoms with van der Waals surface area (Å²) in [5.74, 6) is 0.918. The van der Waals surface area contributed by atoms with Gasteiger partial charge in [-0.25, -0.2) is 0 Å². The summed E-state index contributed by atoms with van der Waals surface area (Å²) in [5, 5.41) is 6.85. The van der Waals surface area contributed by atoms with Crippen LogP contribution in [-0.4, -0.2) is 62.8 Å². The Kier molecular flexibility index (Phi) is 12.9. The highest BCUT2D eigenvalue weighted by atomic mass is 127. The molecule has 0 aromatic heterocycles. The molecule has 1 saturated heterocycles. The van der Waals surface area contributed by atoms with Crippen molar-refractivity contribution < 1.29 is 4.74 Å². The minimum Gasteiger partial charge on any atom is -0.378 e. The smallest absolute Gasteiger partial charge is 0.191 e. The van der Waals surface area contributed by atoms with Crippen molar-refractivity contribution in [2.24, 2.45) is 4.99 Å². The van der Waals surface area contributed by atoms with E-state index in [0.717, 1.165) is 44.7 Å². The van der Waals surface area contributed by atoms with Crippen molar-refractivity contribution in [3.63, 3.8) is 0 Å². The lowest BCUT2D eigenvalue weighted by Gasteiger charge is -2.35. The van der Waals surface area contributed by atoms with Gasteiger partial charge in [0.15, 0.2) is 5.96 Å². The van der Waals surface area contributed by atoms with Gasteiger partial charge in [0, 0.05) is 39.3 Å². The minimum absolute atomic E-state index is 0. The molecule has 0 spiro atoms. The van der Waals surface area contributed by atoms with Gasteiger partial charge in [-0.3, -0.25) is 9.89 Å². The Hall–Kier alpha value is -0.0800. The third-order valence-corrected chi connectivity index (χ3v) is 5.40.